The normalized spacial score (nSPS) is 16.8. The molecule has 1 N–H and O–H groups in total. The molecule has 5 nitrogen and oxygen atoms in total. The lowest BCUT2D eigenvalue weighted by atomic mass is 9.97. The first-order valence-electron chi connectivity index (χ1n) is 9.57. The summed E-state index contributed by atoms with van der Waals surface area (Å²) in [6.07, 6.45) is 3.26. The second-order valence-electron chi connectivity index (χ2n) is 7.75. The standard InChI is InChI=1S/C20H32N2O3S/c1-15(2)6-5-11-21-20(23)18-9-12-22(13-10-18)26(24,25)19-8-7-16(3)17(4)14-19/h7-8,14-15,18H,5-6,9-13H2,1-4H3,(H,21,23). The van der Waals surface area contributed by atoms with Gasteiger partial charge in [-0.25, -0.2) is 8.42 Å². The average Bonchev–Trinajstić information content (AvgIpc) is 2.60. The number of nitrogens with one attached hydrogen (secondary N) is 1. The molecule has 1 aromatic carbocycles. The summed E-state index contributed by atoms with van der Waals surface area (Å²) in [5.41, 5.74) is 2.05. The molecule has 1 aliphatic rings. The first-order valence-corrected chi connectivity index (χ1v) is 11.0. The molecule has 0 bridgehead atoms. The van der Waals surface area contributed by atoms with Gasteiger partial charge in [0.2, 0.25) is 15.9 Å². The molecule has 1 saturated heterocycles. The highest BCUT2D eigenvalue weighted by molar-refractivity contribution is 7.89. The van der Waals surface area contributed by atoms with Crippen LogP contribution in [0.25, 0.3) is 0 Å². The van der Waals surface area contributed by atoms with Gasteiger partial charge in [0.1, 0.15) is 0 Å². The van der Waals surface area contributed by atoms with E-state index < -0.39 is 10.0 Å². The predicted octanol–water partition coefficient (Wildman–Crippen LogP) is 3.26. The Morgan fingerprint density at radius 1 is 1.19 bits per heavy atom. The average molecular weight is 381 g/mol. The molecule has 1 amide bonds. The van der Waals surface area contributed by atoms with E-state index in [1.165, 1.54) is 4.31 Å². The maximum Gasteiger partial charge on any atom is 0.243 e. The van der Waals surface area contributed by atoms with Crippen molar-refractivity contribution >= 4 is 15.9 Å². The SMILES string of the molecule is Cc1ccc(S(=O)(=O)N2CCC(C(=O)NCCCC(C)C)CC2)cc1C. The minimum atomic E-state index is -3.48. The van der Waals surface area contributed by atoms with Gasteiger partial charge < -0.3 is 5.32 Å². The second kappa shape index (κ2) is 9.00. The van der Waals surface area contributed by atoms with Crippen molar-refractivity contribution in [3.63, 3.8) is 0 Å². The molecule has 0 radical (unpaired) electrons. The molecule has 0 aromatic heterocycles. The first-order chi connectivity index (χ1) is 12.2. The van der Waals surface area contributed by atoms with E-state index in [0.29, 0.717) is 43.3 Å². The van der Waals surface area contributed by atoms with Gasteiger partial charge in [0.05, 0.1) is 4.90 Å². The van der Waals surface area contributed by atoms with Gasteiger partial charge in [-0.3, -0.25) is 4.79 Å². The van der Waals surface area contributed by atoms with Crippen molar-refractivity contribution in [1.82, 2.24) is 9.62 Å². The molecule has 1 fully saturated rings. The molecule has 0 atom stereocenters. The van der Waals surface area contributed by atoms with Gasteiger partial charge in [-0.05, 0) is 68.7 Å². The van der Waals surface area contributed by atoms with Crippen molar-refractivity contribution in [2.75, 3.05) is 19.6 Å². The van der Waals surface area contributed by atoms with Crippen LogP contribution in [0.5, 0.6) is 0 Å². The molecule has 2 rings (SSSR count). The summed E-state index contributed by atoms with van der Waals surface area (Å²) in [6.45, 7) is 9.75. The predicted molar refractivity (Wildman–Crippen MR) is 104 cm³/mol. The third kappa shape index (κ3) is 5.30. The second-order valence-corrected chi connectivity index (χ2v) is 9.69. The Labute approximate surface area is 158 Å². The molecule has 146 valence electrons. The molecule has 0 saturated carbocycles. The molecule has 0 unspecified atom stereocenters. The van der Waals surface area contributed by atoms with Crippen molar-refractivity contribution in [3.8, 4) is 0 Å². The summed E-state index contributed by atoms with van der Waals surface area (Å²) in [7, 11) is -3.48. The zero-order valence-electron chi connectivity index (χ0n) is 16.4. The van der Waals surface area contributed by atoms with Crippen LogP contribution in [0, 0.1) is 25.7 Å². The monoisotopic (exact) mass is 380 g/mol. The minimum absolute atomic E-state index is 0.0667. The van der Waals surface area contributed by atoms with E-state index in [0.717, 1.165) is 24.0 Å². The quantitative estimate of drug-likeness (QED) is 0.739. The number of carbonyl (C=O) groups excluding carboxylic acids is 1. The van der Waals surface area contributed by atoms with Crippen LogP contribution in [0.15, 0.2) is 23.1 Å². The lowest BCUT2D eigenvalue weighted by Crippen LogP contribution is -2.43. The van der Waals surface area contributed by atoms with Crippen LogP contribution in [-0.2, 0) is 14.8 Å². The molecular formula is C20H32N2O3S. The third-order valence-corrected chi connectivity index (χ3v) is 7.09. The maximum absolute atomic E-state index is 12.8. The van der Waals surface area contributed by atoms with Gasteiger partial charge in [0.25, 0.3) is 0 Å². The Morgan fingerprint density at radius 2 is 1.85 bits per heavy atom. The fourth-order valence-corrected chi connectivity index (χ4v) is 4.80. The molecule has 0 aliphatic carbocycles. The zero-order valence-corrected chi connectivity index (χ0v) is 17.2. The van der Waals surface area contributed by atoms with Crippen LogP contribution < -0.4 is 5.32 Å². The van der Waals surface area contributed by atoms with Crippen LogP contribution >= 0.6 is 0 Å². The van der Waals surface area contributed by atoms with Crippen LogP contribution in [0.3, 0.4) is 0 Å². The highest BCUT2D eigenvalue weighted by Gasteiger charge is 2.32. The summed E-state index contributed by atoms with van der Waals surface area (Å²) in [4.78, 5) is 12.6. The Morgan fingerprint density at radius 3 is 2.42 bits per heavy atom. The van der Waals surface area contributed by atoms with E-state index in [1.54, 1.807) is 12.1 Å². The summed E-state index contributed by atoms with van der Waals surface area (Å²) in [5.74, 6) is 0.628. The fraction of sp³-hybridized carbons (Fsp3) is 0.650. The Bertz CT molecular complexity index is 721. The van der Waals surface area contributed by atoms with Gasteiger partial charge >= 0.3 is 0 Å². The number of hydrogen-bond donors (Lipinski definition) is 1. The number of hydrogen-bond acceptors (Lipinski definition) is 3. The Hall–Kier alpha value is -1.40. The van der Waals surface area contributed by atoms with Crippen LogP contribution in [-0.4, -0.2) is 38.3 Å². The molecule has 6 heteroatoms. The van der Waals surface area contributed by atoms with E-state index in [-0.39, 0.29) is 11.8 Å². The topological polar surface area (TPSA) is 66.5 Å². The van der Waals surface area contributed by atoms with E-state index in [4.69, 9.17) is 0 Å². The Balaban J connectivity index is 1.88. The first kappa shape index (κ1) is 20.9. The number of amides is 1. The highest BCUT2D eigenvalue weighted by atomic mass is 32.2. The number of aryl methyl sites for hydroxylation is 2. The number of sulfonamides is 1. The van der Waals surface area contributed by atoms with E-state index in [1.807, 2.05) is 19.9 Å². The molecule has 1 aromatic rings. The van der Waals surface area contributed by atoms with Gasteiger partial charge in [-0.2, -0.15) is 4.31 Å². The summed E-state index contributed by atoms with van der Waals surface area (Å²) >= 11 is 0. The Kier molecular flexibility index (Phi) is 7.24. The fourth-order valence-electron chi connectivity index (χ4n) is 3.25. The smallest absolute Gasteiger partial charge is 0.243 e. The largest absolute Gasteiger partial charge is 0.356 e. The minimum Gasteiger partial charge on any atom is -0.356 e. The number of piperidine rings is 1. The van der Waals surface area contributed by atoms with Gasteiger partial charge in [-0.15, -0.1) is 0 Å². The van der Waals surface area contributed by atoms with Crippen molar-refractivity contribution < 1.29 is 13.2 Å². The summed E-state index contributed by atoms with van der Waals surface area (Å²) in [5, 5.41) is 3.00. The van der Waals surface area contributed by atoms with Crippen LogP contribution in [0.2, 0.25) is 0 Å². The molecule has 1 aliphatic heterocycles. The van der Waals surface area contributed by atoms with Crippen molar-refractivity contribution in [2.45, 2.75) is 58.3 Å². The van der Waals surface area contributed by atoms with E-state index in [9.17, 15) is 13.2 Å². The summed E-state index contributed by atoms with van der Waals surface area (Å²) < 4.78 is 27.2. The molecule has 26 heavy (non-hydrogen) atoms. The summed E-state index contributed by atoms with van der Waals surface area (Å²) in [6, 6.07) is 5.25. The van der Waals surface area contributed by atoms with Crippen molar-refractivity contribution in [1.29, 1.82) is 0 Å². The highest BCUT2D eigenvalue weighted by Crippen LogP contribution is 2.25. The third-order valence-electron chi connectivity index (χ3n) is 5.20. The lowest BCUT2D eigenvalue weighted by Gasteiger charge is -2.30. The molecule has 0 spiro atoms. The van der Waals surface area contributed by atoms with E-state index in [2.05, 4.69) is 19.2 Å². The molecule has 1 heterocycles. The van der Waals surface area contributed by atoms with Gasteiger partial charge in [0.15, 0.2) is 0 Å². The van der Waals surface area contributed by atoms with Gasteiger partial charge in [0, 0.05) is 25.6 Å². The zero-order chi connectivity index (χ0) is 19.3. The lowest BCUT2D eigenvalue weighted by molar-refractivity contribution is -0.126. The maximum atomic E-state index is 12.8. The number of nitrogens with zero attached hydrogens (tertiary/aromatic N) is 1. The molecular weight excluding hydrogens is 348 g/mol. The van der Waals surface area contributed by atoms with Crippen molar-refractivity contribution in [2.24, 2.45) is 11.8 Å². The van der Waals surface area contributed by atoms with Crippen LogP contribution in [0.1, 0.15) is 50.7 Å². The van der Waals surface area contributed by atoms with Gasteiger partial charge in [-0.1, -0.05) is 19.9 Å². The number of benzene rings is 1. The van der Waals surface area contributed by atoms with Crippen LogP contribution in [0.4, 0.5) is 0 Å². The van der Waals surface area contributed by atoms with Crippen molar-refractivity contribution in [3.05, 3.63) is 29.3 Å². The number of rotatable bonds is 7. The number of carbonyl (C=O) groups is 1. The van der Waals surface area contributed by atoms with E-state index >= 15 is 0 Å².